The van der Waals surface area contributed by atoms with Gasteiger partial charge in [0.15, 0.2) is 11.5 Å². The van der Waals surface area contributed by atoms with Crippen LogP contribution in [0.5, 0.6) is 11.5 Å². The predicted molar refractivity (Wildman–Crippen MR) is 121 cm³/mol. The van der Waals surface area contributed by atoms with E-state index in [2.05, 4.69) is 10.3 Å². The van der Waals surface area contributed by atoms with Crippen LogP contribution >= 0.6 is 11.6 Å². The summed E-state index contributed by atoms with van der Waals surface area (Å²) >= 11 is 6.09. The Morgan fingerprint density at radius 3 is 2.50 bits per heavy atom. The van der Waals surface area contributed by atoms with Crippen molar-refractivity contribution < 1.29 is 19.1 Å². The fourth-order valence-electron chi connectivity index (χ4n) is 4.09. The summed E-state index contributed by atoms with van der Waals surface area (Å²) in [6.45, 7) is 0. The third kappa shape index (κ3) is 3.87. The summed E-state index contributed by atoms with van der Waals surface area (Å²) in [4.78, 5) is 32.7. The molecule has 164 valence electrons. The van der Waals surface area contributed by atoms with Crippen LogP contribution in [0.3, 0.4) is 0 Å². The van der Waals surface area contributed by atoms with E-state index in [0.29, 0.717) is 33.3 Å². The van der Waals surface area contributed by atoms with E-state index in [9.17, 15) is 9.59 Å². The molecule has 0 spiro atoms. The molecule has 0 aliphatic carbocycles. The monoisotopic (exact) mass is 451 g/mol. The summed E-state index contributed by atoms with van der Waals surface area (Å²) < 4.78 is 10.8. The maximum atomic E-state index is 13.6. The van der Waals surface area contributed by atoms with Gasteiger partial charge in [-0.05, 0) is 47.5 Å². The molecule has 2 aromatic carbocycles. The maximum absolute atomic E-state index is 13.6. The van der Waals surface area contributed by atoms with Crippen molar-refractivity contribution in [3.8, 4) is 11.5 Å². The molecule has 4 rings (SSSR count). The first-order valence-corrected chi connectivity index (χ1v) is 10.3. The lowest BCUT2D eigenvalue weighted by Gasteiger charge is -2.39. The van der Waals surface area contributed by atoms with Crippen LogP contribution < -0.4 is 14.8 Å². The Kier molecular flexibility index (Phi) is 6.01. The number of carbonyl (C=O) groups is 2. The zero-order valence-electron chi connectivity index (χ0n) is 17.8. The Balaban J connectivity index is 1.88. The summed E-state index contributed by atoms with van der Waals surface area (Å²) in [5.74, 6) is -0.373. The minimum Gasteiger partial charge on any atom is -0.493 e. The molecule has 0 saturated carbocycles. The number of likely N-dealkylation sites (N-methyl/N-ethyl adjacent to an activating group) is 1. The number of halogens is 1. The van der Waals surface area contributed by atoms with Gasteiger partial charge in [0.05, 0.1) is 26.2 Å². The summed E-state index contributed by atoms with van der Waals surface area (Å²) in [6, 6.07) is 13.3. The number of methoxy groups -OCH3 is 2. The maximum Gasteiger partial charge on any atom is 0.254 e. The summed E-state index contributed by atoms with van der Waals surface area (Å²) in [6.07, 6.45) is 3.32. The van der Waals surface area contributed by atoms with Gasteiger partial charge in [0.2, 0.25) is 5.91 Å². The Morgan fingerprint density at radius 1 is 1.09 bits per heavy atom. The average molecular weight is 452 g/mol. The Morgan fingerprint density at radius 2 is 1.84 bits per heavy atom. The fourth-order valence-corrected chi connectivity index (χ4v) is 4.28. The quantitative estimate of drug-likeness (QED) is 0.625. The molecule has 2 atom stereocenters. The summed E-state index contributed by atoms with van der Waals surface area (Å²) in [5.41, 5.74) is 2.25. The molecule has 0 fully saturated rings. The van der Waals surface area contributed by atoms with E-state index in [4.69, 9.17) is 21.1 Å². The lowest BCUT2D eigenvalue weighted by atomic mass is 9.79. The number of benzene rings is 2. The highest BCUT2D eigenvalue weighted by molar-refractivity contribution is 6.30. The number of carbonyl (C=O) groups excluding carboxylic acids is 2. The van der Waals surface area contributed by atoms with Crippen molar-refractivity contribution in [2.45, 2.75) is 12.0 Å². The van der Waals surface area contributed by atoms with Gasteiger partial charge < -0.3 is 19.7 Å². The predicted octanol–water partition coefficient (Wildman–Crippen LogP) is 4.30. The third-order valence-corrected chi connectivity index (χ3v) is 5.81. The Bertz CT molecular complexity index is 1170. The molecule has 0 bridgehead atoms. The number of rotatable bonds is 5. The molecule has 3 aromatic rings. The second kappa shape index (κ2) is 8.88. The SMILES string of the molecule is COc1cc2c(cc1OC)[C@@H](C(=O)Nc1cccc(Cl)c1)[C@H](c1cccnc1)N(C)C2=O. The number of pyridine rings is 1. The third-order valence-electron chi connectivity index (χ3n) is 5.58. The number of nitrogens with zero attached hydrogens (tertiary/aromatic N) is 2. The number of aromatic nitrogens is 1. The fraction of sp³-hybridized carbons (Fsp3) is 0.208. The molecule has 2 amide bonds. The zero-order valence-corrected chi connectivity index (χ0v) is 18.6. The van der Waals surface area contributed by atoms with Crippen molar-refractivity contribution in [1.82, 2.24) is 9.88 Å². The molecule has 0 saturated heterocycles. The van der Waals surface area contributed by atoms with Gasteiger partial charge in [-0.25, -0.2) is 0 Å². The molecule has 2 heterocycles. The molecule has 32 heavy (non-hydrogen) atoms. The van der Waals surface area contributed by atoms with Gasteiger partial charge in [-0.2, -0.15) is 0 Å². The number of fused-ring (bicyclic) bond motifs is 1. The van der Waals surface area contributed by atoms with E-state index < -0.39 is 12.0 Å². The van der Waals surface area contributed by atoms with Gasteiger partial charge in [-0.1, -0.05) is 23.7 Å². The molecular weight excluding hydrogens is 430 g/mol. The average Bonchev–Trinajstić information content (AvgIpc) is 2.80. The first-order chi connectivity index (χ1) is 15.4. The van der Waals surface area contributed by atoms with Crippen LogP contribution in [0.25, 0.3) is 0 Å². The largest absolute Gasteiger partial charge is 0.493 e. The van der Waals surface area contributed by atoms with Crippen LogP contribution in [0.1, 0.15) is 33.4 Å². The molecular formula is C24H22ClN3O4. The highest BCUT2D eigenvalue weighted by Crippen LogP contribution is 2.45. The molecule has 1 aliphatic heterocycles. The smallest absolute Gasteiger partial charge is 0.254 e. The van der Waals surface area contributed by atoms with Crippen molar-refractivity contribution >= 4 is 29.1 Å². The van der Waals surface area contributed by atoms with E-state index in [1.54, 1.807) is 66.8 Å². The van der Waals surface area contributed by atoms with Gasteiger partial charge in [-0.3, -0.25) is 14.6 Å². The van der Waals surface area contributed by atoms with Crippen LogP contribution in [-0.2, 0) is 4.79 Å². The molecule has 0 radical (unpaired) electrons. The van der Waals surface area contributed by atoms with Gasteiger partial charge in [0, 0.05) is 35.7 Å². The van der Waals surface area contributed by atoms with Crippen molar-refractivity contribution in [2.24, 2.45) is 0 Å². The van der Waals surface area contributed by atoms with Gasteiger partial charge in [0.1, 0.15) is 0 Å². The lowest BCUT2D eigenvalue weighted by molar-refractivity contribution is -0.119. The van der Waals surface area contributed by atoms with E-state index in [1.165, 1.54) is 14.2 Å². The molecule has 1 aromatic heterocycles. The van der Waals surface area contributed by atoms with Gasteiger partial charge >= 0.3 is 0 Å². The second-order valence-electron chi connectivity index (χ2n) is 7.42. The lowest BCUT2D eigenvalue weighted by Crippen LogP contribution is -2.44. The first kappa shape index (κ1) is 21.6. The van der Waals surface area contributed by atoms with Crippen LogP contribution in [0.2, 0.25) is 5.02 Å². The van der Waals surface area contributed by atoms with Crippen molar-refractivity contribution in [1.29, 1.82) is 0 Å². The molecule has 8 heteroatoms. The topological polar surface area (TPSA) is 80.8 Å². The molecule has 7 nitrogen and oxygen atoms in total. The zero-order chi connectivity index (χ0) is 22.8. The van der Waals surface area contributed by atoms with E-state index in [0.717, 1.165) is 5.56 Å². The normalized spacial score (nSPS) is 17.5. The van der Waals surface area contributed by atoms with Crippen molar-refractivity contribution in [3.63, 3.8) is 0 Å². The van der Waals surface area contributed by atoms with Crippen LogP contribution in [0.15, 0.2) is 60.9 Å². The van der Waals surface area contributed by atoms with Crippen molar-refractivity contribution in [3.05, 3.63) is 82.6 Å². The van der Waals surface area contributed by atoms with Crippen LogP contribution in [-0.4, -0.2) is 43.0 Å². The minimum absolute atomic E-state index is 0.221. The van der Waals surface area contributed by atoms with Crippen LogP contribution in [0, 0.1) is 0 Å². The highest BCUT2D eigenvalue weighted by Gasteiger charge is 2.43. The molecule has 1 aliphatic rings. The summed E-state index contributed by atoms with van der Waals surface area (Å²) in [7, 11) is 4.70. The summed E-state index contributed by atoms with van der Waals surface area (Å²) in [5, 5.41) is 3.45. The number of hydrogen-bond acceptors (Lipinski definition) is 5. The van der Waals surface area contributed by atoms with Crippen molar-refractivity contribution in [2.75, 3.05) is 26.6 Å². The van der Waals surface area contributed by atoms with Crippen LogP contribution in [0.4, 0.5) is 5.69 Å². The van der Waals surface area contributed by atoms with E-state index in [1.807, 2.05) is 6.07 Å². The van der Waals surface area contributed by atoms with Gasteiger partial charge in [0.25, 0.3) is 5.91 Å². The minimum atomic E-state index is -0.726. The number of hydrogen-bond donors (Lipinski definition) is 1. The van der Waals surface area contributed by atoms with E-state index >= 15 is 0 Å². The molecule has 1 N–H and O–H groups in total. The second-order valence-corrected chi connectivity index (χ2v) is 7.86. The number of anilines is 1. The standard InChI is InChI=1S/C24H22ClN3O4/c1-28-22(14-6-5-9-26-13-14)21(23(29)27-16-8-4-7-15(25)10-16)17-11-19(31-2)20(32-3)12-18(17)24(28)30/h4-13,21-22H,1-3H3,(H,27,29)/t21-,22+/m1/s1. The number of ether oxygens (including phenoxy) is 2. The Hall–Kier alpha value is -3.58. The van der Waals surface area contributed by atoms with Gasteiger partial charge in [-0.15, -0.1) is 0 Å². The Labute approximate surface area is 190 Å². The number of amides is 2. The first-order valence-electron chi connectivity index (χ1n) is 9.94. The highest BCUT2D eigenvalue weighted by atomic mass is 35.5. The molecule has 0 unspecified atom stereocenters. The number of nitrogens with one attached hydrogen (secondary N) is 1. The van der Waals surface area contributed by atoms with E-state index in [-0.39, 0.29) is 11.8 Å².